The lowest BCUT2D eigenvalue weighted by atomic mass is 10.1. The molecule has 1 N–H and O–H groups in total. The number of carboxylic acid groups (broad SMARTS) is 1. The van der Waals surface area contributed by atoms with Crippen LogP contribution in [0.2, 0.25) is 0 Å². The molecule has 18 heavy (non-hydrogen) atoms. The topological polar surface area (TPSA) is 76.2 Å². The van der Waals surface area contributed by atoms with E-state index in [0.717, 1.165) is 11.1 Å². The summed E-state index contributed by atoms with van der Waals surface area (Å²) in [7, 11) is 0. The summed E-state index contributed by atoms with van der Waals surface area (Å²) in [6.45, 7) is 4.05. The zero-order chi connectivity index (χ0) is 13.1. The lowest BCUT2D eigenvalue weighted by Crippen LogP contribution is -1.97. The molecule has 0 fully saturated rings. The fourth-order valence-electron chi connectivity index (χ4n) is 1.57. The molecule has 5 heteroatoms. The summed E-state index contributed by atoms with van der Waals surface area (Å²) >= 11 is 0. The number of aliphatic carboxylic acids is 1. The van der Waals surface area contributed by atoms with Crippen LogP contribution in [0.1, 0.15) is 23.4 Å². The van der Waals surface area contributed by atoms with Crippen molar-refractivity contribution in [1.82, 2.24) is 10.1 Å². The van der Waals surface area contributed by atoms with Crippen molar-refractivity contribution in [1.29, 1.82) is 0 Å². The molecule has 0 saturated heterocycles. The average Bonchev–Trinajstić information content (AvgIpc) is 2.79. The van der Waals surface area contributed by atoms with Gasteiger partial charge in [0.05, 0.1) is 6.42 Å². The highest BCUT2D eigenvalue weighted by Crippen LogP contribution is 2.19. The molecule has 0 spiro atoms. The molecule has 0 bridgehead atoms. The molecule has 0 aliphatic rings. The summed E-state index contributed by atoms with van der Waals surface area (Å²) in [5, 5.41) is 12.4. The van der Waals surface area contributed by atoms with Crippen molar-refractivity contribution in [2.75, 3.05) is 0 Å². The van der Waals surface area contributed by atoms with Crippen molar-refractivity contribution in [2.24, 2.45) is 0 Å². The normalized spacial score (nSPS) is 10.6. The molecule has 1 heterocycles. The quantitative estimate of drug-likeness (QED) is 0.896. The summed E-state index contributed by atoms with van der Waals surface area (Å²) < 4.78 is 5.02. The first-order valence-electron chi connectivity index (χ1n) is 5.68. The van der Waals surface area contributed by atoms with Crippen molar-refractivity contribution in [3.8, 4) is 11.4 Å². The van der Waals surface area contributed by atoms with E-state index in [1.165, 1.54) is 5.56 Å². The van der Waals surface area contributed by atoms with Gasteiger partial charge in [-0.3, -0.25) is 4.79 Å². The van der Waals surface area contributed by atoms with Gasteiger partial charge in [-0.05, 0) is 31.0 Å². The van der Waals surface area contributed by atoms with Crippen LogP contribution >= 0.6 is 0 Å². The third-order valence-corrected chi connectivity index (χ3v) is 2.79. The van der Waals surface area contributed by atoms with Crippen molar-refractivity contribution < 1.29 is 14.4 Å². The molecule has 0 aliphatic carbocycles. The average molecular weight is 246 g/mol. The number of carbonyl (C=O) groups is 1. The van der Waals surface area contributed by atoms with Gasteiger partial charge in [0.25, 0.3) is 0 Å². The van der Waals surface area contributed by atoms with Gasteiger partial charge in [-0.25, -0.2) is 0 Å². The first-order chi connectivity index (χ1) is 8.56. The Labute approximate surface area is 104 Å². The predicted molar refractivity (Wildman–Crippen MR) is 65.2 cm³/mol. The molecule has 0 amide bonds. The van der Waals surface area contributed by atoms with E-state index in [9.17, 15) is 4.79 Å². The van der Waals surface area contributed by atoms with E-state index in [2.05, 4.69) is 10.1 Å². The summed E-state index contributed by atoms with van der Waals surface area (Å²) in [5.41, 5.74) is 3.24. The number of aromatic nitrogens is 2. The SMILES string of the molecule is Cc1ccc(-c2noc(CCC(=O)O)n2)cc1C. The van der Waals surface area contributed by atoms with Crippen LogP contribution in [0.5, 0.6) is 0 Å². The van der Waals surface area contributed by atoms with E-state index in [1.54, 1.807) is 0 Å². The van der Waals surface area contributed by atoms with E-state index in [0.29, 0.717) is 11.7 Å². The minimum atomic E-state index is -0.874. The standard InChI is InChI=1S/C13H14N2O3/c1-8-3-4-10(7-9(8)2)13-14-11(18-15-13)5-6-12(16)17/h3-4,7H,5-6H2,1-2H3,(H,16,17). The van der Waals surface area contributed by atoms with E-state index < -0.39 is 5.97 Å². The predicted octanol–water partition coefficient (Wildman–Crippen LogP) is 2.37. The second kappa shape index (κ2) is 5.00. The van der Waals surface area contributed by atoms with Gasteiger partial charge in [-0.1, -0.05) is 17.3 Å². The molecule has 1 aromatic heterocycles. The largest absolute Gasteiger partial charge is 0.481 e. The molecule has 2 rings (SSSR count). The molecule has 94 valence electrons. The fourth-order valence-corrected chi connectivity index (χ4v) is 1.57. The minimum Gasteiger partial charge on any atom is -0.481 e. The highest BCUT2D eigenvalue weighted by molar-refractivity contribution is 5.66. The summed E-state index contributed by atoms with van der Waals surface area (Å²) in [6, 6.07) is 5.91. The van der Waals surface area contributed by atoms with Crippen molar-refractivity contribution >= 4 is 5.97 Å². The van der Waals surface area contributed by atoms with E-state index in [4.69, 9.17) is 9.63 Å². The van der Waals surface area contributed by atoms with Gasteiger partial charge in [0.1, 0.15) is 0 Å². The van der Waals surface area contributed by atoms with Gasteiger partial charge in [0, 0.05) is 12.0 Å². The maximum atomic E-state index is 10.4. The van der Waals surface area contributed by atoms with Crippen molar-refractivity contribution in [3.05, 3.63) is 35.2 Å². The van der Waals surface area contributed by atoms with Gasteiger partial charge >= 0.3 is 5.97 Å². The zero-order valence-corrected chi connectivity index (χ0v) is 10.3. The molecular formula is C13H14N2O3. The Kier molecular flexibility index (Phi) is 3.41. The Morgan fingerprint density at radius 2 is 2.11 bits per heavy atom. The number of benzene rings is 1. The Balaban J connectivity index is 2.18. The van der Waals surface area contributed by atoms with E-state index in [-0.39, 0.29) is 12.8 Å². The van der Waals surface area contributed by atoms with Gasteiger partial charge in [0.15, 0.2) is 0 Å². The third-order valence-electron chi connectivity index (χ3n) is 2.79. The smallest absolute Gasteiger partial charge is 0.303 e. The Morgan fingerprint density at radius 3 is 2.78 bits per heavy atom. The molecule has 5 nitrogen and oxygen atoms in total. The van der Waals surface area contributed by atoms with Crippen LogP contribution in [-0.2, 0) is 11.2 Å². The maximum absolute atomic E-state index is 10.4. The summed E-state index contributed by atoms with van der Waals surface area (Å²) in [6.07, 6.45) is 0.252. The fraction of sp³-hybridized carbons (Fsp3) is 0.308. The molecule has 0 saturated carbocycles. The second-order valence-corrected chi connectivity index (χ2v) is 4.20. The first kappa shape index (κ1) is 12.3. The lowest BCUT2D eigenvalue weighted by Gasteiger charge is -2.00. The van der Waals surface area contributed by atoms with Crippen LogP contribution in [-0.4, -0.2) is 21.2 Å². The highest BCUT2D eigenvalue weighted by Gasteiger charge is 2.10. The molecule has 1 aromatic carbocycles. The first-order valence-corrected chi connectivity index (χ1v) is 5.68. The van der Waals surface area contributed by atoms with Crippen LogP contribution in [0.15, 0.2) is 22.7 Å². The molecule has 2 aromatic rings. The zero-order valence-electron chi connectivity index (χ0n) is 10.3. The third kappa shape index (κ3) is 2.74. The van der Waals surface area contributed by atoms with Crippen LogP contribution in [0.4, 0.5) is 0 Å². The van der Waals surface area contributed by atoms with Crippen molar-refractivity contribution in [2.45, 2.75) is 26.7 Å². The van der Waals surface area contributed by atoms with Gasteiger partial charge in [0.2, 0.25) is 11.7 Å². The second-order valence-electron chi connectivity index (χ2n) is 4.20. The molecule has 0 atom stereocenters. The van der Waals surface area contributed by atoms with Crippen LogP contribution in [0, 0.1) is 13.8 Å². The van der Waals surface area contributed by atoms with E-state index >= 15 is 0 Å². The Bertz CT molecular complexity index is 575. The van der Waals surface area contributed by atoms with Crippen LogP contribution < -0.4 is 0 Å². The monoisotopic (exact) mass is 246 g/mol. The maximum Gasteiger partial charge on any atom is 0.303 e. The number of hydrogen-bond acceptors (Lipinski definition) is 4. The van der Waals surface area contributed by atoms with Gasteiger partial charge < -0.3 is 9.63 Å². The Morgan fingerprint density at radius 1 is 1.33 bits per heavy atom. The molecule has 0 radical (unpaired) electrons. The molecular weight excluding hydrogens is 232 g/mol. The number of carboxylic acids is 1. The minimum absolute atomic E-state index is 0.00540. The lowest BCUT2D eigenvalue weighted by molar-refractivity contribution is -0.137. The number of hydrogen-bond donors (Lipinski definition) is 1. The van der Waals surface area contributed by atoms with Crippen LogP contribution in [0.3, 0.4) is 0 Å². The molecule has 0 aliphatic heterocycles. The van der Waals surface area contributed by atoms with E-state index in [1.807, 2.05) is 32.0 Å². The number of rotatable bonds is 4. The summed E-state index contributed by atoms with van der Waals surface area (Å²) in [5.74, 6) is -0.0231. The molecule has 0 unspecified atom stereocenters. The van der Waals surface area contributed by atoms with Gasteiger partial charge in [-0.2, -0.15) is 4.98 Å². The number of nitrogens with zero attached hydrogens (tertiary/aromatic N) is 2. The van der Waals surface area contributed by atoms with Crippen molar-refractivity contribution in [3.63, 3.8) is 0 Å². The summed E-state index contributed by atoms with van der Waals surface area (Å²) in [4.78, 5) is 14.6. The highest BCUT2D eigenvalue weighted by atomic mass is 16.5. The number of aryl methyl sites for hydroxylation is 3. The van der Waals surface area contributed by atoms with Gasteiger partial charge in [-0.15, -0.1) is 0 Å². The van der Waals surface area contributed by atoms with Crippen LogP contribution in [0.25, 0.3) is 11.4 Å². The Hall–Kier alpha value is -2.17.